The van der Waals surface area contributed by atoms with E-state index < -0.39 is 0 Å². The van der Waals surface area contributed by atoms with E-state index in [1.807, 2.05) is 18.2 Å². The molecule has 1 aliphatic heterocycles. The number of hydrogen-bond acceptors (Lipinski definition) is 3. The largest absolute Gasteiger partial charge is 0.459 e. The first-order chi connectivity index (χ1) is 12.7. The second-order valence-corrected chi connectivity index (χ2v) is 6.80. The van der Waals surface area contributed by atoms with Gasteiger partial charge in [-0.15, -0.1) is 0 Å². The van der Waals surface area contributed by atoms with Crippen LogP contribution in [0.15, 0.2) is 53.1 Å². The molecule has 2 heterocycles. The summed E-state index contributed by atoms with van der Waals surface area (Å²) >= 11 is 0. The number of piperidine rings is 1. The van der Waals surface area contributed by atoms with E-state index >= 15 is 0 Å². The molecule has 1 atom stereocenters. The van der Waals surface area contributed by atoms with Crippen LogP contribution in [0.25, 0.3) is 0 Å². The van der Waals surface area contributed by atoms with Crippen molar-refractivity contribution in [3.63, 3.8) is 0 Å². The Morgan fingerprint density at radius 2 is 1.88 bits per heavy atom. The normalized spacial score (nSPS) is 16.3. The number of nitrogens with zero attached hydrogens (tertiary/aromatic N) is 1. The molecule has 1 aliphatic rings. The predicted octanol–water partition coefficient (Wildman–Crippen LogP) is 3.44. The number of nitrogens with one attached hydrogen (secondary N) is 1. The van der Waals surface area contributed by atoms with Crippen LogP contribution in [0.4, 0.5) is 0 Å². The van der Waals surface area contributed by atoms with Crippen molar-refractivity contribution in [1.29, 1.82) is 0 Å². The number of rotatable bonds is 6. The molecule has 138 valence electrons. The van der Waals surface area contributed by atoms with Crippen LogP contribution in [-0.4, -0.2) is 36.3 Å². The quantitative estimate of drug-likeness (QED) is 0.864. The summed E-state index contributed by atoms with van der Waals surface area (Å²) < 4.78 is 5.17. The van der Waals surface area contributed by atoms with Gasteiger partial charge in [-0.25, -0.2) is 0 Å². The van der Waals surface area contributed by atoms with Crippen molar-refractivity contribution < 1.29 is 14.0 Å². The summed E-state index contributed by atoms with van der Waals surface area (Å²) in [6.07, 6.45) is 3.88. The molecular weight excluding hydrogens is 328 g/mol. The summed E-state index contributed by atoms with van der Waals surface area (Å²) in [6.45, 7) is 3.98. The second kappa shape index (κ2) is 8.70. The third-order valence-electron chi connectivity index (χ3n) is 5.17. The number of likely N-dealkylation sites (tertiary alicyclic amines) is 1. The van der Waals surface area contributed by atoms with E-state index in [9.17, 15) is 9.59 Å². The molecule has 0 aliphatic carbocycles. The Balaban J connectivity index is 1.47. The molecule has 0 radical (unpaired) electrons. The van der Waals surface area contributed by atoms with Gasteiger partial charge in [-0.3, -0.25) is 9.59 Å². The first kappa shape index (κ1) is 18.2. The van der Waals surface area contributed by atoms with Crippen molar-refractivity contribution in [3.8, 4) is 0 Å². The first-order valence-corrected chi connectivity index (χ1v) is 9.34. The summed E-state index contributed by atoms with van der Waals surface area (Å²) in [5.74, 6) is 0.680. The van der Waals surface area contributed by atoms with Gasteiger partial charge in [0.25, 0.3) is 5.91 Å². The molecule has 1 unspecified atom stereocenters. The van der Waals surface area contributed by atoms with Crippen LogP contribution < -0.4 is 5.32 Å². The average molecular weight is 354 g/mol. The van der Waals surface area contributed by atoms with E-state index in [0.29, 0.717) is 44.2 Å². The van der Waals surface area contributed by atoms with Crippen LogP contribution in [0.3, 0.4) is 0 Å². The molecule has 1 aromatic carbocycles. The van der Waals surface area contributed by atoms with E-state index in [2.05, 4.69) is 24.4 Å². The lowest BCUT2D eigenvalue weighted by molar-refractivity contribution is -0.126. The molecule has 1 N–H and O–H groups in total. The topological polar surface area (TPSA) is 62.6 Å². The summed E-state index contributed by atoms with van der Waals surface area (Å²) in [5.41, 5.74) is 1.26. The number of furan rings is 1. The number of carbonyl (C=O) groups is 2. The lowest BCUT2D eigenvalue weighted by atomic mass is 9.94. The number of carbonyl (C=O) groups excluding carboxylic acids is 2. The van der Waals surface area contributed by atoms with Crippen LogP contribution in [-0.2, 0) is 4.79 Å². The Labute approximate surface area is 154 Å². The van der Waals surface area contributed by atoms with Crippen LogP contribution >= 0.6 is 0 Å². The fraction of sp³-hybridized carbons (Fsp3) is 0.429. The molecular formula is C21H26N2O3. The number of amides is 2. The Kier molecular flexibility index (Phi) is 6.10. The van der Waals surface area contributed by atoms with Gasteiger partial charge in [-0.05, 0) is 37.0 Å². The first-order valence-electron chi connectivity index (χ1n) is 9.34. The smallest absolute Gasteiger partial charge is 0.289 e. The van der Waals surface area contributed by atoms with Gasteiger partial charge in [0, 0.05) is 31.5 Å². The fourth-order valence-electron chi connectivity index (χ4n) is 3.49. The molecule has 5 nitrogen and oxygen atoms in total. The SMILES string of the molecule is CCC(CNC(=O)C1CCN(C(=O)c2ccco2)CC1)c1ccccc1. The Hall–Kier alpha value is -2.56. The van der Waals surface area contributed by atoms with Crippen LogP contribution in [0.2, 0.25) is 0 Å². The molecule has 0 saturated carbocycles. The van der Waals surface area contributed by atoms with Crippen LogP contribution in [0.5, 0.6) is 0 Å². The zero-order valence-electron chi connectivity index (χ0n) is 15.2. The third kappa shape index (κ3) is 4.34. The maximum atomic E-state index is 12.5. The highest BCUT2D eigenvalue weighted by Gasteiger charge is 2.28. The molecule has 26 heavy (non-hydrogen) atoms. The maximum absolute atomic E-state index is 12.5. The van der Waals surface area contributed by atoms with E-state index in [1.54, 1.807) is 17.0 Å². The van der Waals surface area contributed by atoms with Gasteiger partial charge < -0.3 is 14.6 Å². The molecule has 0 bridgehead atoms. The summed E-state index contributed by atoms with van der Waals surface area (Å²) in [6, 6.07) is 13.7. The maximum Gasteiger partial charge on any atom is 0.289 e. The van der Waals surface area contributed by atoms with Gasteiger partial charge in [-0.1, -0.05) is 37.3 Å². The van der Waals surface area contributed by atoms with E-state index in [-0.39, 0.29) is 17.7 Å². The molecule has 3 rings (SSSR count). The second-order valence-electron chi connectivity index (χ2n) is 6.80. The van der Waals surface area contributed by atoms with Crippen LogP contribution in [0, 0.1) is 5.92 Å². The summed E-state index contributed by atoms with van der Waals surface area (Å²) in [5, 5.41) is 3.11. The van der Waals surface area contributed by atoms with Crippen molar-refractivity contribution in [3.05, 3.63) is 60.1 Å². The van der Waals surface area contributed by atoms with Gasteiger partial charge >= 0.3 is 0 Å². The van der Waals surface area contributed by atoms with Crippen molar-refractivity contribution in [1.82, 2.24) is 10.2 Å². The highest BCUT2D eigenvalue weighted by Crippen LogP contribution is 2.21. The Morgan fingerprint density at radius 1 is 1.15 bits per heavy atom. The fourth-order valence-corrected chi connectivity index (χ4v) is 3.49. The summed E-state index contributed by atoms with van der Waals surface area (Å²) in [7, 11) is 0. The van der Waals surface area contributed by atoms with E-state index in [4.69, 9.17) is 4.42 Å². The highest BCUT2D eigenvalue weighted by atomic mass is 16.3. The molecule has 1 saturated heterocycles. The van der Waals surface area contributed by atoms with Crippen molar-refractivity contribution in [2.24, 2.45) is 5.92 Å². The zero-order valence-corrected chi connectivity index (χ0v) is 15.2. The summed E-state index contributed by atoms with van der Waals surface area (Å²) in [4.78, 5) is 26.6. The number of hydrogen-bond donors (Lipinski definition) is 1. The molecule has 2 amide bonds. The monoisotopic (exact) mass is 354 g/mol. The highest BCUT2D eigenvalue weighted by molar-refractivity contribution is 5.91. The molecule has 1 aromatic heterocycles. The van der Waals surface area contributed by atoms with Gasteiger partial charge in [0.1, 0.15) is 0 Å². The molecule has 2 aromatic rings. The van der Waals surface area contributed by atoms with E-state index in [0.717, 1.165) is 6.42 Å². The van der Waals surface area contributed by atoms with Crippen molar-refractivity contribution in [2.45, 2.75) is 32.1 Å². The van der Waals surface area contributed by atoms with Gasteiger partial charge in [0.2, 0.25) is 5.91 Å². The minimum atomic E-state index is -0.0935. The van der Waals surface area contributed by atoms with Crippen molar-refractivity contribution >= 4 is 11.8 Å². The number of benzene rings is 1. The van der Waals surface area contributed by atoms with E-state index in [1.165, 1.54) is 11.8 Å². The predicted molar refractivity (Wildman–Crippen MR) is 99.8 cm³/mol. The van der Waals surface area contributed by atoms with Crippen LogP contribution in [0.1, 0.15) is 48.2 Å². The Bertz CT molecular complexity index is 704. The lowest BCUT2D eigenvalue weighted by Gasteiger charge is -2.31. The minimum Gasteiger partial charge on any atom is -0.459 e. The molecule has 0 spiro atoms. The minimum absolute atomic E-state index is 0.0241. The standard InChI is InChI=1S/C21H26N2O3/c1-2-16(17-7-4-3-5-8-17)15-22-20(24)18-10-12-23(13-11-18)21(25)19-9-6-14-26-19/h3-9,14,16,18H,2,10-13,15H2,1H3,(H,22,24). The zero-order chi connectivity index (χ0) is 18.4. The van der Waals surface area contributed by atoms with Gasteiger partial charge in [0.15, 0.2) is 5.76 Å². The lowest BCUT2D eigenvalue weighted by Crippen LogP contribution is -2.43. The van der Waals surface area contributed by atoms with Crippen molar-refractivity contribution in [2.75, 3.05) is 19.6 Å². The average Bonchev–Trinajstić information content (AvgIpc) is 3.23. The molecule has 1 fully saturated rings. The Morgan fingerprint density at radius 3 is 2.50 bits per heavy atom. The third-order valence-corrected chi connectivity index (χ3v) is 5.17. The van der Waals surface area contributed by atoms with Gasteiger partial charge in [0.05, 0.1) is 6.26 Å². The molecule has 5 heteroatoms. The van der Waals surface area contributed by atoms with Gasteiger partial charge in [-0.2, -0.15) is 0 Å².